The van der Waals surface area contributed by atoms with Crippen molar-refractivity contribution in [3.63, 3.8) is 0 Å². The van der Waals surface area contributed by atoms with E-state index in [2.05, 4.69) is 12.1 Å². The van der Waals surface area contributed by atoms with Crippen LogP contribution in [-0.2, 0) is 9.59 Å². The zero-order valence-corrected chi connectivity index (χ0v) is 19.9. The monoisotopic (exact) mass is 483 g/mol. The molecule has 3 aliphatic rings. The molecule has 0 unspecified atom stereocenters. The summed E-state index contributed by atoms with van der Waals surface area (Å²) < 4.78 is 11.8. The first-order valence-corrected chi connectivity index (χ1v) is 12.4. The van der Waals surface area contributed by atoms with E-state index in [-0.39, 0.29) is 17.9 Å². The summed E-state index contributed by atoms with van der Waals surface area (Å²) in [4.78, 5) is 28.3. The highest BCUT2D eigenvalue weighted by Gasteiger charge is 2.35. The number of likely N-dealkylation sites (tertiary alicyclic amines) is 1. The lowest BCUT2D eigenvalue weighted by atomic mass is 10.1. The molecule has 1 aliphatic carbocycles. The molecule has 7 nitrogen and oxygen atoms in total. The van der Waals surface area contributed by atoms with E-state index in [1.807, 2.05) is 23.1 Å². The molecular weight excluding hydrogens is 454 g/mol. The van der Waals surface area contributed by atoms with Gasteiger partial charge in [-0.3, -0.25) is 14.5 Å². The number of nitrogens with zero attached hydrogens (tertiary/aromatic N) is 2. The Morgan fingerprint density at radius 1 is 1.06 bits per heavy atom. The predicted octanol–water partition coefficient (Wildman–Crippen LogP) is 3.73. The third-order valence-electron chi connectivity index (χ3n) is 6.92. The number of anilines is 1. The van der Waals surface area contributed by atoms with Crippen LogP contribution in [0.5, 0.6) is 11.5 Å². The number of hydrogen-bond donors (Lipinski definition) is 1. The first-order valence-electron chi connectivity index (χ1n) is 12.0. The van der Waals surface area contributed by atoms with Crippen LogP contribution in [0.1, 0.15) is 43.6 Å². The zero-order valence-electron chi connectivity index (χ0n) is 19.1. The van der Waals surface area contributed by atoms with E-state index in [1.165, 1.54) is 18.4 Å². The molecule has 8 heteroatoms. The zero-order chi connectivity index (χ0) is 23.7. The van der Waals surface area contributed by atoms with Crippen molar-refractivity contribution < 1.29 is 19.1 Å². The van der Waals surface area contributed by atoms with Crippen molar-refractivity contribution in [2.24, 2.45) is 5.73 Å². The average Bonchev–Trinajstić information content (AvgIpc) is 3.46. The van der Waals surface area contributed by atoms with Gasteiger partial charge in [0.1, 0.15) is 18.1 Å². The number of carbonyl (C=O) groups excluding carboxylic acids is 2. The number of nitrogens with two attached hydrogens (primary N) is 1. The average molecular weight is 484 g/mol. The molecule has 3 fully saturated rings. The molecule has 5 rings (SSSR count). The molecular formula is C26H30ClN3O4. The van der Waals surface area contributed by atoms with Gasteiger partial charge in [-0.2, -0.15) is 0 Å². The van der Waals surface area contributed by atoms with Crippen molar-refractivity contribution in [3.8, 4) is 11.5 Å². The molecule has 2 amide bonds. The van der Waals surface area contributed by atoms with Crippen LogP contribution in [0.15, 0.2) is 42.5 Å². The minimum absolute atomic E-state index is 0.0671. The Hall–Kier alpha value is -2.77. The molecule has 0 radical (unpaired) electrons. The van der Waals surface area contributed by atoms with Crippen LogP contribution in [0.3, 0.4) is 0 Å². The van der Waals surface area contributed by atoms with Crippen LogP contribution in [-0.4, -0.2) is 55.1 Å². The molecule has 2 saturated heterocycles. The second kappa shape index (κ2) is 9.84. The fourth-order valence-electron chi connectivity index (χ4n) is 4.88. The van der Waals surface area contributed by atoms with Crippen molar-refractivity contribution in [2.45, 2.75) is 50.2 Å². The topological polar surface area (TPSA) is 85.1 Å². The molecule has 180 valence electrons. The van der Waals surface area contributed by atoms with Gasteiger partial charge in [-0.05, 0) is 74.0 Å². The molecule has 0 spiro atoms. The fourth-order valence-corrected chi connectivity index (χ4v) is 5.11. The van der Waals surface area contributed by atoms with Crippen molar-refractivity contribution in [1.29, 1.82) is 0 Å². The Morgan fingerprint density at radius 3 is 2.56 bits per heavy atom. The van der Waals surface area contributed by atoms with E-state index in [4.69, 9.17) is 26.8 Å². The van der Waals surface area contributed by atoms with Crippen LogP contribution < -0.4 is 20.1 Å². The quantitative estimate of drug-likeness (QED) is 0.587. The highest BCUT2D eigenvalue weighted by atomic mass is 35.5. The minimum atomic E-state index is -0.500. The number of rotatable bonds is 9. The van der Waals surface area contributed by atoms with Gasteiger partial charge in [0.25, 0.3) is 5.91 Å². The van der Waals surface area contributed by atoms with E-state index in [1.54, 1.807) is 17.0 Å². The van der Waals surface area contributed by atoms with E-state index in [0.717, 1.165) is 30.8 Å². The van der Waals surface area contributed by atoms with Crippen LogP contribution in [0, 0.1) is 0 Å². The summed E-state index contributed by atoms with van der Waals surface area (Å²) in [6.45, 7) is 2.43. The number of halogens is 1. The molecule has 0 aromatic heterocycles. The third kappa shape index (κ3) is 5.00. The third-order valence-corrected chi connectivity index (χ3v) is 7.21. The Labute approximate surface area is 204 Å². The molecule has 0 bridgehead atoms. The minimum Gasteiger partial charge on any atom is -0.491 e. The van der Waals surface area contributed by atoms with Crippen molar-refractivity contribution >= 4 is 29.1 Å². The van der Waals surface area contributed by atoms with E-state index >= 15 is 0 Å². The standard InChI is InChI=1S/C26H30ClN3O4/c27-21-16-19(7-10-23(21)33-15-14-29-12-1-2-22(29)25(28)31)30-13-11-24(26(30)32)34-20-8-5-18(6-9-20)17-3-4-17/h5-10,16-17,22,24H,1-4,11-15H2,(H2,28,31)/t22-,24-/m0/s1. The molecule has 34 heavy (non-hydrogen) atoms. The van der Waals surface area contributed by atoms with Gasteiger partial charge < -0.3 is 20.1 Å². The highest BCUT2D eigenvalue weighted by molar-refractivity contribution is 6.32. The maximum atomic E-state index is 13.0. The summed E-state index contributed by atoms with van der Waals surface area (Å²) in [5, 5.41) is 0.443. The number of hydrogen-bond acceptors (Lipinski definition) is 5. The van der Waals surface area contributed by atoms with Gasteiger partial charge in [-0.15, -0.1) is 0 Å². The van der Waals surface area contributed by atoms with Gasteiger partial charge in [-0.1, -0.05) is 23.7 Å². The maximum absolute atomic E-state index is 13.0. The lowest BCUT2D eigenvalue weighted by Gasteiger charge is -2.22. The fraction of sp³-hybridized carbons (Fsp3) is 0.462. The Morgan fingerprint density at radius 2 is 1.85 bits per heavy atom. The number of carbonyl (C=O) groups is 2. The van der Waals surface area contributed by atoms with Crippen molar-refractivity contribution in [2.75, 3.05) is 31.1 Å². The number of amides is 2. The normalized spacial score (nSPS) is 22.9. The van der Waals surface area contributed by atoms with Gasteiger partial charge in [-0.25, -0.2) is 0 Å². The van der Waals surface area contributed by atoms with E-state index < -0.39 is 6.10 Å². The molecule has 2 aliphatic heterocycles. The molecule has 1 saturated carbocycles. The SMILES string of the molecule is NC(=O)[C@@H]1CCCN1CCOc1ccc(N2CC[C@H](Oc3ccc(C4CC4)cc3)C2=O)cc1Cl. The van der Waals surface area contributed by atoms with Crippen molar-refractivity contribution in [1.82, 2.24) is 4.90 Å². The first kappa shape index (κ1) is 23.0. The van der Waals surface area contributed by atoms with Gasteiger partial charge in [0.05, 0.1) is 11.1 Å². The smallest absolute Gasteiger partial charge is 0.268 e. The van der Waals surface area contributed by atoms with Gasteiger partial charge >= 0.3 is 0 Å². The summed E-state index contributed by atoms with van der Waals surface area (Å²) in [5.74, 6) is 1.62. The number of benzene rings is 2. The summed E-state index contributed by atoms with van der Waals surface area (Å²) in [6.07, 6.45) is 4.40. The van der Waals surface area contributed by atoms with Gasteiger partial charge in [0, 0.05) is 25.2 Å². The summed E-state index contributed by atoms with van der Waals surface area (Å²) in [5.41, 5.74) is 7.54. The van der Waals surface area contributed by atoms with E-state index in [0.29, 0.717) is 42.8 Å². The van der Waals surface area contributed by atoms with Crippen molar-refractivity contribution in [3.05, 3.63) is 53.1 Å². The maximum Gasteiger partial charge on any atom is 0.268 e. The second-order valence-electron chi connectivity index (χ2n) is 9.29. The van der Waals surface area contributed by atoms with Crippen LogP contribution in [0.2, 0.25) is 5.02 Å². The van der Waals surface area contributed by atoms with Crippen LogP contribution in [0.4, 0.5) is 5.69 Å². The largest absolute Gasteiger partial charge is 0.491 e. The first-order chi connectivity index (χ1) is 16.5. The molecule has 2 aromatic carbocycles. The van der Waals surface area contributed by atoms with Gasteiger partial charge in [0.2, 0.25) is 5.91 Å². The number of primary amides is 1. The molecule has 2 heterocycles. The Balaban J connectivity index is 1.15. The highest BCUT2D eigenvalue weighted by Crippen LogP contribution is 2.40. The Bertz CT molecular complexity index is 1060. The Kier molecular flexibility index (Phi) is 6.66. The summed E-state index contributed by atoms with van der Waals surface area (Å²) >= 11 is 6.46. The number of ether oxygens (including phenoxy) is 2. The van der Waals surface area contributed by atoms with E-state index in [9.17, 15) is 9.59 Å². The summed E-state index contributed by atoms with van der Waals surface area (Å²) in [6, 6.07) is 13.3. The van der Waals surface area contributed by atoms with Crippen LogP contribution >= 0.6 is 11.6 Å². The predicted molar refractivity (Wildman–Crippen MR) is 131 cm³/mol. The lowest BCUT2D eigenvalue weighted by molar-refractivity contribution is -0.123. The molecule has 2 atom stereocenters. The second-order valence-corrected chi connectivity index (χ2v) is 9.70. The van der Waals surface area contributed by atoms with Gasteiger partial charge in [0.15, 0.2) is 6.10 Å². The lowest BCUT2D eigenvalue weighted by Crippen LogP contribution is -2.42. The molecule has 2 N–H and O–H groups in total. The van der Waals surface area contributed by atoms with Crippen LogP contribution in [0.25, 0.3) is 0 Å². The molecule has 2 aromatic rings. The summed E-state index contributed by atoms with van der Waals surface area (Å²) in [7, 11) is 0.